The van der Waals surface area contributed by atoms with Gasteiger partial charge in [-0.25, -0.2) is 9.59 Å². The van der Waals surface area contributed by atoms with Gasteiger partial charge in [-0.2, -0.15) is 0 Å². The summed E-state index contributed by atoms with van der Waals surface area (Å²) >= 11 is 5.80. The zero-order valence-electron chi connectivity index (χ0n) is 13.2. The molecule has 0 spiro atoms. The number of methoxy groups -OCH3 is 1. The lowest BCUT2D eigenvalue weighted by atomic mass is 10.2. The van der Waals surface area contributed by atoms with Crippen LogP contribution in [0.15, 0.2) is 48.5 Å². The fourth-order valence-corrected chi connectivity index (χ4v) is 2.10. The third-order valence-electron chi connectivity index (χ3n) is 3.04. The van der Waals surface area contributed by atoms with Crippen molar-refractivity contribution in [2.45, 2.75) is 13.2 Å². The van der Waals surface area contributed by atoms with Crippen LogP contribution in [0.4, 0.5) is 10.5 Å². The van der Waals surface area contributed by atoms with E-state index in [9.17, 15) is 9.59 Å². The van der Waals surface area contributed by atoms with Crippen molar-refractivity contribution in [1.29, 1.82) is 0 Å². The van der Waals surface area contributed by atoms with E-state index >= 15 is 0 Å². The lowest BCUT2D eigenvalue weighted by Gasteiger charge is -2.17. The lowest BCUT2D eigenvalue weighted by Crippen LogP contribution is -2.39. The number of rotatable bonds is 5. The molecule has 2 N–H and O–H groups in total. The van der Waals surface area contributed by atoms with Gasteiger partial charge in [0.25, 0.3) is 0 Å². The maximum absolute atomic E-state index is 12.1. The van der Waals surface area contributed by atoms with E-state index in [1.165, 1.54) is 7.11 Å². The number of carbonyl (C=O) groups excluding carboxylic acids is 2. The summed E-state index contributed by atoms with van der Waals surface area (Å²) in [7, 11) is 1.28. The summed E-state index contributed by atoms with van der Waals surface area (Å²) in [5, 5.41) is 5.82. The van der Waals surface area contributed by atoms with E-state index in [-0.39, 0.29) is 5.56 Å². The second-order valence-electron chi connectivity index (χ2n) is 4.85. The van der Waals surface area contributed by atoms with Gasteiger partial charge in [0.15, 0.2) is 6.23 Å². The number of benzene rings is 2. The van der Waals surface area contributed by atoms with Gasteiger partial charge in [0.2, 0.25) is 0 Å². The van der Waals surface area contributed by atoms with Gasteiger partial charge in [-0.1, -0.05) is 23.7 Å². The van der Waals surface area contributed by atoms with Crippen molar-refractivity contribution in [2.75, 3.05) is 12.4 Å². The predicted octanol–water partition coefficient (Wildman–Crippen LogP) is 3.67. The Balaban J connectivity index is 1.95. The SMILES string of the molecule is COC(=O)c1ccccc1NC(=O)NC(C)Oc1ccc(Cl)cc1. The summed E-state index contributed by atoms with van der Waals surface area (Å²) in [6.45, 7) is 1.68. The van der Waals surface area contributed by atoms with Crippen LogP contribution in [0, 0.1) is 0 Å². The minimum absolute atomic E-state index is 0.265. The smallest absolute Gasteiger partial charge is 0.339 e. The van der Waals surface area contributed by atoms with Crippen LogP contribution < -0.4 is 15.4 Å². The highest BCUT2D eigenvalue weighted by molar-refractivity contribution is 6.30. The van der Waals surface area contributed by atoms with E-state index < -0.39 is 18.2 Å². The molecule has 0 saturated heterocycles. The van der Waals surface area contributed by atoms with Gasteiger partial charge >= 0.3 is 12.0 Å². The highest BCUT2D eigenvalue weighted by Gasteiger charge is 2.14. The van der Waals surface area contributed by atoms with Crippen LogP contribution in [0.25, 0.3) is 0 Å². The molecule has 2 rings (SSSR count). The van der Waals surface area contributed by atoms with Gasteiger partial charge in [0.05, 0.1) is 18.4 Å². The lowest BCUT2D eigenvalue weighted by molar-refractivity contribution is 0.0602. The molecule has 1 unspecified atom stereocenters. The molecule has 6 nitrogen and oxygen atoms in total. The Morgan fingerprint density at radius 3 is 2.42 bits per heavy atom. The normalized spacial score (nSPS) is 11.3. The number of urea groups is 1. The van der Waals surface area contributed by atoms with Gasteiger partial charge in [-0.05, 0) is 43.3 Å². The Hall–Kier alpha value is -2.73. The van der Waals surface area contributed by atoms with E-state index in [1.807, 2.05) is 0 Å². The van der Waals surface area contributed by atoms with E-state index in [4.69, 9.17) is 16.3 Å². The Labute approximate surface area is 144 Å². The first kappa shape index (κ1) is 17.6. The van der Waals surface area contributed by atoms with Crippen molar-refractivity contribution in [3.05, 3.63) is 59.1 Å². The molecule has 0 aliphatic rings. The summed E-state index contributed by atoms with van der Waals surface area (Å²) < 4.78 is 10.2. The molecule has 0 saturated carbocycles. The summed E-state index contributed by atoms with van der Waals surface area (Å²) in [6, 6.07) is 12.8. The molecule has 2 aromatic carbocycles. The Bertz CT molecular complexity index is 719. The molecular weight excluding hydrogens is 332 g/mol. The van der Waals surface area contributed by atoms with Gasteiger partial charge in [-0.3, -0.25) is 0 Å². The first-order valence-corrected chi connectivity index (χ1v) is 7.54. The second kappa shape index (κ2) is 8.21. The summed E-state index contributed by atoms with van der Waals surface area (Å²) in [4.78, 5) is 23.7. The van der Waals surface area contributed by atoms with Crippen molar-refractivity contribution < 1.29 is 19.1 Å². The number of hydrogen-bond acceptors (Lipinski definition) is 4. The van der Waals surface area contributed by atoms with Crippen molar-refractivity contribution in [3.63, 3.8) is 0 Å². The number of halogens is 1. The highest BCUT2D eigenvalue weighted by Crippen LogP contribution is 2.17. The maximum atomic E-state index is 12.1. The Morgan fingerprint density at radius 1 is 1.08 bits per heavy atom. The van der Waals surface area contributed by atoms with Gasteiger partial charge in [0.1, 0.15) is 5.75 Å². The minimum atomic E-state index is -0.587. The molecule has 0 aliphatic carbocycles. The second-order valence-corrected chi connectivity index (χ2v) is 5.29. The summed E-state index contributed by atoms with van der Waals surface area (Å²) in [6.07, 6.45) is -0.587. The fourth-order valence-electron chi connectivity index (χ4n) is 1.97. The molecule has 7 heteroatoms. The quantitative estimate of drug-likeness (QED) is 0.638. The van der Waals surface area contributed by atoms with Crippen LogP contribution in [0.5, 0.6) is 5.75 Å². The van der Waals surface area contributed by atoms with E-state index in [0.29, 0.717) is 16.5 Å². The van der Waals surface area contributed by atoms with Gasteiger partial charge in [0, 0.05) is 5.02 Å². The van der Waals surface area contributed by atoms with Crippen LogP contribution in [0.2, 0.25) is 5.02 Å². The number of esters is 1. The summed E-state index contributed by atoms with van der Waals surface area (Å²) in [5.74, 6) is 0.0403. The van der Waals surface area contributed by atoms with E-state index in [2.05, 4.69) is 15.4 Å². The Morgan fingerprint density at radius 2 is 1.75 bits per heavy atom. The zero-order valence-corrected chi connectivity index (χ0v) is 14.0. The minimum Gasteiger partial charge on any atom is -0.471 e. The van der Waals surface area contributed by atoms with Crippen LogP contribution in [-0.4, -0.2) is 25.3 Å². The maximum Gasteiger partial charge on any atom is 0.339 e. The van der Waals surface area contributed by atoms with Gasteiger partial charge in [-0.15, -0.1) is 0 Å². The number of amides is 2. The molecule has 0 bridgehead atoms. The number of anilines is 1. The highest BCUT2D eigenvalue weighted by atomic mass is 35.5. The molecule has 0 fully saturated rings. The first-order valence-electron chi connectivity index (χ1n) is 7.16. The van der Waals surface area contributed by atoms with Crippen molar-refractivity contribution in [2.24, 2.45) is 0 Å². The van der Waals surface area contributed by atoms with Crippen LogP contribution >= 0.6 is 11.6 Å². The molecule has 24 heavy (non-hydrogen) atoms. The van der Waals surface area contributed by atoms with Crippen LogP contribution in [0.1, 0.15) is 17.3 Å². The molecule has 0 heterocycles. The van der Waals surface area contributed by atoms with E-state index in [1.54, 1.807) is 55.5 Å². The first-order chi connectivity index (χ1) is 11.5. The fraction of sp³-hybridized carbons (Fsp3) is 0.176. The molecule has 2 amide bonds. The topological polar surface area (TPSA) is 76.7 Å². The van der Waals surface area contributed by atoms with Crippen molar-refractivity contribution >= 4 is 29.3 Å². The third kappa shape index (κ3) is 4.89. The molecule has 0 aliphatic heterocycles. The number of para-hydroxylation sites is 1. The van der Waals surface area contributed by atoms with Gasteiger partial charge < -0.3 is 20.1 Å². The number of nitrogens with one attached hydrogen (secondary N) is 2. The predicted molar refractivity (Wildman–Crippen MR) is 91.5 cm³/mol. The molecule has 126 valence electrons. The summed E-state index contributed by atoms with van der Waals surface area (Å²) in [5.41, 5.74) is 0.613. The monoisotopic (exact) mass is 348 g/mol. The number of ether oxygens (including phenoxy) is 2. The standard InChI is InChI=1S/C17H17ClN2O4/c1-11(24-13-9-7-12(18)8-10-13)19-17(22)20-15-6-4-3-5-14(15)16(21)23-2/h3-11H,1-2H3,(H2,19,20,22). The van der Waals surface area contributed by atoms with Crippen molar-refractivity contribution in [1.82, 2.24) is 5.32 Å². The zero-order chi connectivity index (χ0) is 17.5. The van der Waals surface area contributed by atoms with E-state index in [0.717, 1.165) is 0 Å². The number of hydrogen-bond donors (Lipinski definition) is 2. The average molecular weight is 349 g/mol. The van der Waals surface area contributed by atoms with Crippen molar-refractivity contribution in [3.8, 4) is 5.75 Å². The molecular formula is C17H17ClN2O4. The largest absolute Gasteiger partial charge is 0.471 e. The number of carbonyl (C=O) groups is 2. The molecule has 0 aromatic heterocycles. The van der Waals surface area contributed by atoms with Crippen LogP contribution in [-0.2, 0) is 4.74 Å². The molecule has 1 atom stereocenters. The Kier molecular flexibility index (Phi) is 6.03. The molecule has 2 aromatic rings. The third-order valence-corrected chi connectivity index (χ3v) is 3.29. The average Bonchev–Trinajstić information content (AvgIpc) is 2.56. The van der Waals surface area contributed by atoms with Crippen LogP contribution in [0.3, 0.4) is 0 Å². The molecule has 0 radical (unpaired) electrons.